The summed E-state index contributed by atoms with van der Waals surface area (Å²) in [7, 11) is 0. The van der Waals surface area contributed by atoms with E-state index in [-0.39, 0.29) is 16.5 Å². The lowest BCUT2D eigenvalue weighted by atomic mass is 9.83. The SMILES string of the molecule is CC1(C)CC[C@H]([N+](=O)[O-])[C@H](c2ccccc2)N1. The molecule has 0 bridgehead atoms. The summed E-state index contributed by atoms with van der Waals surface area (Å²) in [4.78, 5) is 11.0. The zero-order chi connectivity index (χ0) is 12.5. The first kappa shape index (κ1) is 12.0. The van der Waals surface area contributed by atoms with Crippen LogP contribution in [0.3, 0.4) is 0 Å². The van der Waals surface area contributed by atoms with Crippen LogP contribution in [0.2, 0.25) is 0 Å². The summed E-state index contributed by atoms with van der Waals surface area (Å²) in [6, 6.07) is 8.98. The van der Waals surface area contributed by atoms with Crippen molar-refractivity contribution in [1.29, 1.82) is 0 Å². The van der Waals surface area contributed by atoms with Gasteiger partial charge < -0.3 is 0 Å². The van der Waals surface area contributed by atoms with E-state index in [9.17, 15) is 10.1 Å². The molecule has 1 aromatic rings. The Kier molecular flexibility index (Phi) is 3.15. The average Bonchev–Trinajstić information content (AvgIpc) is 2.28. The molecule has 4 nitrogen and oxygen atoms in total. The van der Waals surface area contributed by atoms with Crippen LogP contribution in [0.25, 0.3) is 0 Å². The lowest BCUT2D eigenvalue weighted by Crippen LogP contribution is -2.52. The van der Waals surface area contributed by atoms with Crippen LogP contribution in [0.1, 0.15) is 38.3 Å². The van der Waals surface area contributed by atoms with Crippen LogP contribution >= 0.6 is 0 Å². The molecule has 2 rings (SSSR count). The third-order valence-electron chi connectivity index (χ3n) is 3.43. The second-order valence-electron chi connectivity index (χ2n) is 5.31. The number of rotatable bonds is 2. The minimum atomic E-state index is -0.523. The van der Waals surface area contributed by atoms with Gasteiger partial charge in [0.05, 0.1) is 0 Å². The number of benzene rings is 1. The van der Waals surface area contributed by atoms with E-state index in [0.717, 1.165) is 12.0 Å². The molecule has 0 unspecified atom stereocenters. The van der Waals surface area contributed by atoms with Gasteiger partial charge in [-0.15, -0.1) is 0 Å². The molecule has 1 heterocycles. The van der Waals surface area contributed by atoms with Crippen molar-refractivity contribution in [3.8, 4) is 0 Å². The molecule has 4 heteroatoms. The molecule has 0 radical (unpaired) electrons. The Balaban J connectivity index is 2.29. The van der Waals surface area contributed by atoms with E-state index >= 15 is 0 Å². The molecule has 1 aliphatic heterocycles. The van der Waals surface area contributed by atoms with E-state index in [1.807, 2.05) is 30.3 Å². The fourth-order valence-electron chi connectivity index (χ4n) is 2.46. The lowest BCUT2D eigenvalue weighted by molar-refractivity contribution is -0.532. The predicted octanol–water partition coefficient (Wildman–Crippen LogP) is 2.54. The smallest absolute Gasteiger partial charge is 0.232 e. The normalized spacial score (nSPS) is 27.6. The molecule has 0 amide bonds. The highest BCUT2D eigenvalue weighted by Crippen LogP contribution is 2.32. The van der Waals surface area contributed by atoms with Crippen molar-refractivity contribution < 1.29 is 4.92 Å². The summed E-state index contributed by atoms with van der Waals surface area (Å²) in [5.74, 6) is 0. The fraction of sp³-hybridized carbons (Fsp3) is 0.538. The van der Waals surface area contributed by atoms with Gasteiger partial charge in [-0.1, -0.05) is 30.3 Å². The van der Waals surface area contributed by atoms with E-state index in [2.05, 4.69) is 19.2 Å². The maximum atomic E-state index is 11.1. The quantitative estimate of drug-likeness (QED) is 0.632. The Bertz CT molecular complexity index is 403. The first-order valence-corrected chi connectivity index (χ1v) is 5.96. The van der Waals surface area contributed by atoms with Crippen molar-refractivity contribution in [2.45, 2.75) is 44.3 Å². The van der Waals surface area contributed by atoms with E-state index < -0.39 is 6.04 Å². The first-order chi connectivity index (χ1) is 7.99. The average molecular weight is 234 g/mol. The molecular weight excluding hydrogens is 216 g/mol. The molecule has 2 atom stereocenters. The third-order valence-corrected chi connectivity index (χ3v) is 3.43. The van der Waals surface area contributed by atoms with Gasteiger partial charge in [0.2, 0.25) is 6.04 Å². The Morgan fingerprint density at radius 2 is 2.00 bits per heavy atom. The van der Waals surface area contributed by atoms with Gasteiger partial charge in [-0.05, 0) is 25.8 Å². The summed E-state index contributed by atoms with van der Waals surface area (Å²) in [6.07, 6.45) is 1.47. The Morgan fingerprint density at radius 1 is 1.35 bits per heavy atom. The van der Waals surface area contributed by atoms with Gasteiger partial charge in [-0.2, -0.15) is 0 Å². The highest BCUT2D eigenvalue weighted by Gasteiger charge is 2.41. The molecule has 0 spiro atoms. The monoisotopic (exact) mass is 234 g/mol. The molecule has 1 aliphatic rings. The summed E-state index contributed by atoms with van der Waals surface area (Å²) < 4.78 is 0. The Hall–Kier alpha value is -1.42. The summed E-state index contributed by atoms with van der Waals surface area (Å²) >= 11 is 0. The van der Waals surface area contributed by atoms with Gasteiger partial charge in [0.1, 0.15) is 6.04 Å². The minimum absolute atomic E-state index is 0.0347. The van der Waals surface area contributed by atoms with Gasteiger partial charge in [0, 0.05) is 16.9 Å². The van der Waals surface area contributed by atoms with Crippen LogP contribution in [0, 0.1) is 10.1 Å². The fourth-order valence-corrected chi connectivity index (χ4v) is 2.46. The number of hydrogen-bond donors (Lipinski definition) is 1. The Morgan fingerprint density at radius 3 is 2.59 bits per heavy atom. The number of hydrogen-bond acceptors (Lipinski definition) is 3. The molecule has 92 valence electrons. The lowest BCUT2D eigenvalue weighted by Gasteiger charge is -2.38. The molecule has 0 aromatic heterocycles. The topological polar surface area (TPSA) is 55.2 Å². The van der Waals surface area contributed by atoms with Crippen LogP contribution in [0.15, 0.2) is 30.3 Å². The number of nitrogens with one attached hydrogen (secondary N) is 1. The van der Waals surface area contributed by atoms with Gasteiger partial charge in [0.15, 0.2) is 0 Å². The number of nitrogens with zero attached hydrogens (tertiary/aromatic N) is 1. The Labute approximate surface area is 101 Å². The second kappa shape index (κ2) is 4.45. The zero-order valence-corrected chi connectivity index (χ0v) is 10.2. The van der Waals surface area contributed by atoms with E-state index in [4.69, 9.17) is 0 Å². The molecular formula is C13H18N2O2. The summed E-state index contributed by atoms with van der Waals surface area (Å²) in [6.45, 7) is 4.19. The van der Waals surface area contributed by atoms with Crippen molar-refractivity contribution in [3.05, 3.63) is 46.0 Å². The minimum Gasteiger partial charge on any atom is -0.299 e. The highest BCUT2D eigenvalue weighted by atomic mass is 16.6. The van der Waals surface area contributed by atoms with Gasteiger partial charge in [-0.3, -0.25) is 15.4 Å². The van der Waals surface area contributed by atoms with Crippen molar-refractivity contribution in [1.82, 2.24) is 5.32 Å². The summed E-state index contributed by atoms with van der Waals surface area (Å²) in [5.41, 5.74) is 0.967. The maximum Gasteiger partial charge on any atom is 0.232 e. The first-order valence-electron chi connectivity index (χ1n) is 5.96. The van der Waals surface area contributed by atoms with E-state index in [0.29, 0.717) is 6.42 Å². The van der Waals surface area contributed by atoms with Crippen molar-refractivity contribution in [2.75, 3.05) is 0 Å². The predicted molar refractivity (Wildman–Crippen MR) is 66.4 cm³/mol. The molecule has 17 heavy (non-hydrogen) atoms. The van der Waals surface area contributed by atoms with E-state index in [1.165, 1.54) is 0 Å². The molecule has 1 aromatic carbocycles. The van der Waals surface area contributed by atoms with Crippen LogP contribution < -0.4 is 5.32 Å². The summed E-state index contributed by atoms with van der Waals surface area (Å²) in [5, 5.41) is 14.5. The standard InChI is InChI=1S/C13H18N2O2/c1-13(2)9-8-11(15(16)17)12(14-13)10-6-4-3-5-7-10/h3-7,11-12,14H,8-9H2,1-2H3/t11-,12-/m0/s1. The number of nitro groups is 1. The van der Waals surface area contributed by atoms with Crippen molar-refractivity contribution in [3.63, 3.8) is 0 Å². The second-order valence-corrected chi connectivity index (χ2v) is 5.31. The molecule has 1 fully saturated rings. The zero-order valence-electron chi connectivity index (χ0n) is 10.2. The third kappa shape index (κ3) is 2.64. The van der Waals surface area contributed by atoms with Gasteiger partial charge in [0.25, 0.3) is 0 Å². The molecule has 1 saturated heterocycles. The molecule has 1 N–H and O–H groups in total. The molecule has 0 saturated carbocycles. The largest absolute Gasteiger partial charge is 0.299 e. The van der Waals surface area contributed by atoms with Crippen LogP contribution in [0.4, 0.5) is 0 Å². The number of piperidine rings is 1. The van der Waals surface area contributed by atoms with Gasteiger partial charge in [-0.25, -0.2) is 0 Å². The van der Waals surface area contributed by atoms with Crippen molar-refractivity contribution >= 4 is 0 Å². The highest BCUT2D eigenvalue weighted by molar-refractivity contribution is 5.21. The van der Waals surface area contributed by atoms with Crippen molar-refractivity contribution in [2.24, 2.45) is 0 Å². The van der Waals surface area contributed by atoms with Crippen LogP contribution in [-0.2, 0) is 0 Å². The van der Waals surface area contributed by atoms with E-state index in [1.54, 1.807) is 0 Å². The van der Waals surface area contributed by atoms with Crippen LogP contribution in [-0.4, -0.2) is 16.5 Å². The van der Waals surface area contributed by atoms with Crippen LogP contribution in [0.5, 0.6) is 0 Å². The van der Waals surface area contributed by atoms with Gasteiger partial charge >= 0.3 is 0 Å². The molecule has 0 aliphatic carbocycles. The maximum absolute atomic E-state index is 11.1.